The van der Waals surface area contributed by atoms with Crippen molar-refractivity contribution in [3.8, 4) is 5.75 Å². The van der Waals surface area contributed by atoms with Crippen molar-refractivity contribution in [2.24, 2.45) is 0 Å². The summed E-state index contributed by atoms with van der Waals surface area (Å²) in [5.41, 5.74) is 2.32. The van der Waals surface area contributed by atoms with Crippen LogP contribution in [-0.2, 0) is 16.0 Å². The topological polar surface area (TPSA) is 73.6 Å². The van der Waals surface area contributed by atoms with Crippen molar-refractivity contribution < 1.29 is 18.8 Å². The highest BCUT2D eigenvalue weighted by atomic mass is 16.5. The third kappa shape index (κ3) is 4.82. The van der Waals surface area contributed by atoms with Gasteiger partial charge >= 0.3 is 0 Å². The van der Waals surface area contributed by atoms with Crippen LogP contribution in [0.1, 0.15) is 36.3 Å². The molecule has 2 aromatic rings. The molecule has 1 aromatic heterocycles. The Morgan fingerprint density at radius 1 is 1.28 bits per heavy atom. The van der Waals surface area contributed by atoms with Gasteiger partial charge in [-0.1, -0.05) is 5.16 Å². The summed E-state index contributed by atoms with van der Waals surface area (Å²) in [4.78, 5) is 12.2. The van der Waals surface area contributed by atoms with E-state index < -0.39 is 0 Å². The van der Waals surface area contributed by atoms with Crippen LogP contribution in [0.25, 0.3) is 0 Å². The maximum atomic E-state index is 12.2. The van der Waals surface area contributed by atoms with Crippen LogP contribution in [-0.4, -0.2) is 30.4 Å². The molecule has 0 aliphatic carbocycles. The molecule has 1 saturated heterocycles. The molecule has 1 aromatic carbocycles. The van der Waals surface area contributed by atoms with Gasteiger partial charge in [0.2, 0.25) is 5.91 Å². The van der Waals surface area contributed by atoms with Crippen molar-refractivity contribution in [3.63, 3.8) is 0 Å². The molecule has 0 saturated carbocycles. The first-order valence-electron chi connectivity index (χ1n) is 8.68. The maximum Gasteiger partial charge on any atom is 0.228 e. The number of carbonyl (C=O) groups is 1. The predicted molar refractivity (Wildman–Crippen MR) is 93.8 cm³/mol. The number of anilines is 1. The van der Waals surface area contributed by atoms with E-state index >= 15 is 0 Å². The minimum atomic E-state index is -0.0985. The normalized spacial score (nSPS) is 17.3. The first kappa shape index (κ1) is 17.5. The van der Waals surface area contributed by atoms with E-state index in [1.54, 1.807) is 0 Å². The Kier molecular flexibility index (Phi) is 5.71. The van der Waals surface area contributed by atoms with Gasteiger partial charge in [0, 0.05) is 17.9 Å². The number of aryl methyl sites for hydroxylation is 2. The van der Waals surface area contributed by atoms with Crippen molar-refractivity contribution in [2.75, 3.05) is 18.5 Å². The third-order valence-corrected chi connectivity index (χ3v) is 4.37. The number of nitrogens with zero attached hydrogens (tertiary/aromatic N) is 1. The second-order valence-electron chi connectivity index (χ2n) is 6.35. The van der Waals surface area contributed by atoms with Gasteiger partial charge in [0.25, 0.3) is 0 Å². The van der Waals surface area contributed by atoms with E-state index in [9.17, 15) is 4.79 Å². The van der Waals surface area contributed by atoms with E-state index in [0.717, 1.165) is 42.1 Å². The Hall–Kier alpha value is -2.34. The number of benzene rings is 1. The minimum Gasteiger partial charge on any atom is -0.491 e. The van der Waals surface area contributed by atoms with Gasteiger partial charge in [0.1, 0.15) is 18.1 Å². The van der Waals surface area contributed by atoms with Gasteiger partial charge in [-0.25, -0.2) is 0 Å². The number of aromatic nitrogens is 1. The number of carbonyl (C=O) groups excluding carboxylic acids is 1. The molecular weight excluding hydrogens is 320 g/mol. The number of amides is 1. The third-order valence-electron chi connectivity index (χ3n) is 4.37. The van der Waals surface area contributed by atoms with Gasteiger partial charge in [-0.2, -0.15) is 0 Å². The zero-order valence-electron chi connectivity index (χ0n) is 14.7. The summed E-state index contributed by atoms with van der Waals surface area (Å²) in [6.45, 7) is 5.04. The van der Waals surface area contributed by atoms with Gasteiger partial charge < -0.3 is 19.3 Å². The fraction of sp³-hybridized carbons (Fsp3) is 0.474. The summed E-state index contributed by atoms with van der Waals surface area (Å²) in [5, 5.41) is 6.74. The summed E-state index contributed by atoms with van der Waals surface area (Å²) in [5.74, 6) is 1.36. The molecule has 0 radical (unpaired) electrons. The first-order chi connectivity index (χ1) is 12.1. The van der Waals surface area contributed by atoms with Gasteiger partial charge in [-0.15, -0.1) is 0 Å². The quantitative estimate of drug-likeness (QED) is 0.869. The monoisotopic (exact) mass is 344 g/mol. The van der Waals surface area contributed by atoms with E-state index in [0.29, 0.717) is 12.4 Å². The van der Waals surface area contributed by atoms with E-state index in [4.69, 9.17) is 14.0 Å². The van der Waals surface area contributed by atoms with Gasteiger partial charge in [0.15, 0.2) is 0 Å². The van der Waals surface area contributed by atoms with Crippen LogP contribution in [0.2, 0.25) is 0 Å². The Morgan fingerprint density at radius 2 is 2.08 bits per heavy atom. The lowest BCUT2D eigenvalue weighted by atomic mass is 10.1. The second-order valence-corrected chi connectivity index (χ2v) is 6.35. The highest BCUT2D eigenvalue weighted by Gasteiger charge is 2.15. The Balaban J connectivity index is 1.49. The Morgan fingerprint density at radius 3 is 2.72 bits per heavy atom. The lowest BCUT2D eigenvalue weighted by Gasteiger charge is -2.22. The maximum absolute atomic E-state index is 12.2. The van der Waals surface area contributed by atoms with Crippen LogP contribution in [0, 0.1) is 13.8 Å². The average Bonchev–Trinajstić information content (AvgIpc) is 2.94. The van der Waals surface area contributed by atoms with Gasteiger partial charge in [-0.3, -0.25) is 4.79 Å². The van der Waals surface area contributed by atoms with Crippen molar-refractivity contribution in [3.05, 3.63) is 41.3 Å². The molecule has 25 heavy (non-hydrogen) atoms. The molecule has 1 aliphatic rings. The Bertz CT molecular complexity index is 683. The SMILES string of the molecule is Cc1noc(C)c1CC(=O)Nc1ccc(OCC2CCCCO2)cc1. The fourth-order valence-corrected chi connectivity index (χ4v) is 2.88. The number of hydrogen-bond acceptors (Lipinski definition) is 5. The van der Waals surface area contributed by atoms with Crippen LogP contribution in [0.15, 0.2) is 28.8 Å². The summed E-state index contributed by atoms with van der Waals surface area (Å²) >= 11 is 0. The molecule has 1 unspecified atom stereocenters. The van der Waals surface area contributed by atoms with Crippen molar-refractivity contribution in [1.29, 1.82) is 0 Å². The molecule has 0 spiro atoms. The van der Waals surface area contributed by atoms with Crippen LogP contribution < -0.4 is 10.1 Å². The standard InChI is InChI=1S/C19H24N2O4/c1-13-18(14(2)25-21-13)11-19(22)20-15-6-8-16(9-7-15)24-12-17-5-3-4-10-23-17/h6-9,17H,3-5,10-12H2,1-2H3,(H,20,22). The molecule has 1 fully saturated rings. The van der Waals surface area contributed by atoms with Crippen LogP contribution >= 0.6 is 0 Å². The zero-order valence-corrected chi connectivity index (χ0v) is 14.7. The summed E-state index contributed by atoms with van der Waals surface area (Å²) < 4.78 is 16.5. The van der Waals surface area contributed by atoms with Crippen LogP contribution in [0.3, 0.4) is 0 Å². The summed E-state index contributed by atoms with van der Waals surface area (Å²) in [6.07, 6.45) is 3.82. The number of rotatable bonds is 6. The van der Waals surface area contributed by atoms with Gasteiger partial charge in [-0.05, 0) is 57.4 Å². The molecule has 1 N–H and O–H groups in total. The number of nitrogens with one attached hydrogen (secondary N) is 1. The Labute approximate surface area is 147 Å². The molecule has 2 heterocycles. The molecule has 0 bridgehead atoms. The van der Waals surface area contributed by atoms with E-state index in [1.165, 1.54) is 6.42 Å². The molecule has 1 atom stereocenters. The molecule has 6 nitrogen and oxygen atoms in total. The van der Waals surface area contributed by atoms with Crippen molar-refractivity contribution in [2.45, 2.75) is 45.6 Å². The molecular formula is C19H24N2O4. The highest BCUT2D eigenvalue weighted by molar-refractivity contribution is 5.92. The minimum absolute atomic E-state index is 0.0985. The predicted octanol–water partition coefficient (Wildman–Crippen LogP) is 3.42. The molecule has 6 heteroatoms. The van der Waals surface area contributed by atoms with E-state index in [-0.39, 0.29) is 18.4 Å². The first-order valence-corrected chi connectivity index (χ1v) is 8.68. The fourth-order valence-electron chi connectivity index (χ4n) is 2.88. The second kappa shape index (κ2) is 8.16. The largest absolute Gasteiger partial charge is 0.491 e. The lowest BCUT2D eigenvalue weighted by Crippen LogP contribution is -2.25. The lowest BCUT2D eigenvalue weighted by molar-refractivity contribution is -0.115. The summed E-state index contributed by atoms with van der Waals surface area (Å²) in [6, 6.07) is 7.38. The van der Waals surface area contributed by atoms with Crippen molar-refractivity contribution in [1.82, 2.24) is 5.16 Å². The number of hydrogen-bond donors (Lipinski definition) is 1. The van der Waals surface area contributed by atoms with E-state index in [2.05, 4.69) is 10.5 Å². The van der Waals surface area contributed by atoms with Crippen LogP contribution in [0.5, 0.6) is 5.75 Å². The van der Waals surface area contributed by atoms with Crippen molar-refractivity contribution >= 4 is 11.6 Å². The number of ether oxygens (including phenoxy) is 2. The average molecular weight is 344 g/mol. The van der Waals surface area contributed by atoms with Gasteiger partial charge in [0.05, 0.1) is 18.2 Å². The molecule has 3 rings (SSSR count). The highest BCUT2D eigenvalue weighted by Crippen LogP contribution is 2.19. The smallest absolute Gasteiger partial charge is 0.228 e. The molecule has 1 amide bonds. The zero-order chi connectivity index (χ0) is 17.6. The van der Waals surface area contributed by atoms with Crippen LogP contribution in [0.4, 0.5) is 5.69 Å². The summed E-state index contributed by atoms with van der Waals surface area (Å²) in [7, 11) is 0. The molecule has 1 aliphatic heterocycles. The molecule has 134 valence electrons. The van der Waals surface area contributed by atoms with E-state index in [1.807, 2.05) is 38.1 Å².